The number of hydrogen-bond acceptors (Lipinski definition) is 4. The van der Waals surface area contributed by atoms with E-state index >= 15 is 0 Å². The summed E-state index contributed by atoms with van der Waals surface area (Å²) in [6.45, 7) is 6.11. The van der Waals surface area contributed by atoms with E-state index < -0.39 is 5.91 Å². The minimum absolute atomic E-state index is 0.216. The molecule has 0 radical (unpaired) electrons. The maximum Gasteiger partial charge on any atom is 0.254 e. The second-order valence-electron chi connectivity index (χ2n) is 5.96. The zero-order valence-electron chi connectivity index (χ0n) is 13.9. The average molecular weight is 348 g/mol. The second-order valence-corrected chi connectivity index (χ2v) is 6.37. The number of primary amides is 1. The van der Waals surface area contributed by atoms with Gasteiger partial charge in [0, 0.05) is 18.9 Å². The quantitative estimate of drug-likeness (QED) is 0.713. The van der Waals surface area contributed by atoms with Gasteiger partial charge in [0.15, 0.2) is 0 Å². The van der Waals surface area contributed by atoms with E-state index in [2.05, 4.69) is 24.1 Å². The van der Waals surface area contributed by atoms with E-state index in [1.165, 1.54) is 12.4 Å². The molecule has 0 fully saturated rings. The van der Waals surface area contributed by atoms with E-state index in [4.69, 9.17) is 22.1 Å². The molecule has 0 aliphatic rings. The van der Waals surface area contributed by atoms with Crippen LogP contribution >= 0.6 is 11.6 Å². The number of halogens is 1. The third-order valence-corrected chi connectivity index (χ3v) is 3.79. The van der Waals surface area contributed by atoms with E-state index in [1.807, 2.05) is 12.1 Å². The maximum atomic E-state index is 11.4. The number of aromatic nitrogens is 1. The molecule has 6 heteroatoms. The number of benzene rings is 1. The van der Waals surface area contributed by atoms with Crippen LogP contribution in [0.15, 0.2) is 36.7 Å². The monoisotopic (exact) mass is 347 g/mol. The summed E-state index contributed by atoms with van der Waals surface area (Å²) in [5, 5.41) is 3.86. The first-order valence-corrected chi connectivity index (χ1v) is 8.26. The first kappa shape index (κ1) is 18.2. The standard InChI is InChI=1S/C18H22ClN3O2/c1-12(2)5-7-21-10-13-3-4-17(15(19)9-13)24-16-6-8-22-11-14(16)18(20)23/h3-4,6,8-9,11-12,21H,5,7,10H2,1-2H3,(H2,20,23). The van der Waals surface area contributed by atoms with Crippen molar-refractivity contribution in [3.05, 3.63) is 52.8 Å². The van der Waals surface area contributed by atoms with Crippen molar-refractivity contribution in [2.45, 2.75) is 26.8 Å². The molecule has 1 heterocycles. The summed E-state index contributed by atoms with van der Waals surface area (Å²) in [6.07, 6.45) is 4.04. The van der Waals surface area contributed by atoms with Gasteiger partial charge in [-0.05, 0) is 42.6 Å². The van der Waals surface area contributed by atoms with Crippen molar-refractivity contribution in [3.63, 3.8) is 0 Å². The number of hydrogen-bond donors (Lipinski definition) is 2. The van der Waals surface area contributed by atoms with Gasteiger partial charge in [-0.25, -0.2) is 0 Å². The Labute approximate surface area is 147 Å². The van der Waals surface area contributed by atoms with E-state index in [0.717, 1.165) is 25.1 Å². The summed E-state index contributed by atoms with van der Waals surface area (Å²) >= 11 is 6.29. The summed E-state index contributed by atoms with van der Waals surface area (Å²) in [7, 11) is 0. The zero-order valence-corrected chi connectivity index (χ0v) is 14.6. The van der Waals surface area contributed by atoms with Crippen molar-refractivity contribution in [1.82, 2.24) is 10.3 Å². The Morgan fingerprint density at radius 3 is 2.79 bits per heavy atom. The number of amides is 1. The fraction of sp³-hybridized carbons (Fsp3) is 0.333. The highest BCUT2D eigenvalue weighted by Crippen LogP contribution is 2.31. The molecule has 128 valence electrons. The Morgan fingerprint density at radius 1 is 1.33 bits per heavy atom. The van der Waals surface area contributed by atoms with Crippen molar-refractivity contribution >= 4 is 17.5 Å². The molecule has 1 aromatic heterocycles. The molecule has 0 atom stereocenters. The van der Waals surface area contributed by atoms with Gasteiger partial charge in [-0.1, -0.05) is 31.5 Å². The van der Waals surface area contributed by atoms with Crippen LogP contribution < -0.4 is 15.8 Å². The lowest BCUT2D eigenvalue weighted by Gasteiger charge is -2.12. The molecule has 0 saturated heterocycles. The van der Waals surface area contributed by atoms with Gasteiger partial charge >= 0.3 is 0 Å². The van der Waals surface area contributed by atoms with Gasteiger partial charge in [-0.3, -0.25) is 9.78 Å². The Hall–Kier alpha value is -2.11. The van der Waals surface area contributed by atoms with Gasteiger partial charge in [0.25, 0.3) is 5.91 Å². The highest BCUT2D eigenvalue weighted by atomic mass is 35.5. The largest absolute Gasteiger partial charge is 0.455 e. The van der Waals surface area contributed by atoms with Crippen LogP contribution in [0.25, 0.3) is 0 Å². The lowest BCUT2D eigenvalue weighted by molar-refractivity contribution is 0.0997. The van der Waals surface area contributed by atoms with Crippen molar-refractivity contribution in [1.29, 1.82) is 0 Å². The molecule has 0 aliphatic carbocycles. The predicted octanol–water partition coefficient (Wildman–Crippen LogP) is 3.76. The Balaban J connectivity index is 2.04. The van der Waals surface area contributed by atoms with Crippen molar-refractivity contribution in [3.8, 4) is 11.5 Å². The van der Waals surface area contributed by atoms with Crippen molar-refractivity contribution < 1.29 is 9.53 Å². The van der Waals surface area contributed by atoms with Crippen molar-refractivity contribution in [2.24, 2.45) is 11.7 Å². The molecule has 5 nitrogen and oxygen atoms in total. The van der Waals surface area contributed by atoms with Crippen LogP contribution in [0.4, 0.5) is 0 Å². The zero-order chi connectivity index (χ0) is 17.5. The minimum atomic E-state index is -0.597. The summed E-state index contributed by atoms with van der Waals surface area (Å²) in [5.41, 5.74) is 6.61. The fourth-order valence-electron chi connectivity index (χ4n) is 2.13. The van der Waals surface area contributed by atoms with Gasteiger partial charge in [0.1, 0.15) is 17.1 Å². The first-order chi connectivity index (χ1) is 11.5. The summed E-state index contributed by atoms with van der Waals surface area (Å²) in [4.78, 5) is 15.3. The highest BCUT2D eigenvalue weighted by molar-refractivity contribution is 6.32. The van der Waals surface area contributed by atoms with E-state index in [9.17, 15) is 4.79 Å². The molecule has 3 N–H and O–H groups in total. The van der Waals surface area contributed by atoms with Crippen LogP contribution in [-0.2, 0) is 6.54 Å². The normalized spacial score (nSPS) is 10.8. The van der Waals surface area contributed by atoms with Crippen LogP contribution in [0.2, 0.25) is 5.02 Å². The molecule has 1 amide bonds. The fourth-order valence-corrected chi connectivity index (χ4v) is 2.38. The molecule has 0 aliphatic heterocycles. The van der Waals surface area contributed by atoms with E-state index in [-0.39, 0.29) is 5.56 Å². The Bertz CT molecular complexity index is 704. The Morgan fingerprint density at radius 2 is 2.12 bits per heavy atom. The average Bonchev–Trinajstić information content (AvgIpc) is 2.54. The Kier molecular flexibility index (Phi) is 6.58. The predicted molar refractivity (Wildman–Crippen MR) is 95.4 cm³/mol. The minimum Gasteiger partial charge on any atom is -0.455 e. The third kappa shape index (κ3) is 5.22. The number of carbonyl (C=O) groups is 1. The number of carbonyl (C=O) groups excluding carboxylic acids is 1. The molecule has 1 aromatic carbocycles. The molecule has 2 aromatic rings. The van der Waals surface area contributed by atoms with Crippen LogP contribution in [0.5, 0.6) is 11.5 Å². The van der Waals surface area contributed by atoms with Gasteiger partial charge in [0.05, 0.1) is 5.02 Å². The van der Waals surface area contributed by atoms with Gasteiger partial charge in [-0.15, -0.1) is 0 Å². The number of rotatable bonds is 8. The number of nitrogens with two attached hydrogens (primary N) is 1. The number of ether oxygens (including phenoxy) is 1. The molecule has 0 unspecified atom stereocenters. The highest BCUT2D eigenvalue weighted by Gasteiger charge is 2.12. The molecule has 0 saturated carbocycles. The molecule has 0 spiro atoms. The molecule has 24 heavy (non-hydrogen) atoms. The SMILES string of the molecule is CC(C)CCNCc1ccc(Oc2ccncc2C(N)=O)c(Cl)c1. The summed E-state index contributed by atoms with van der Waals surface area (Å²) in [5.74, 6) is 0.885. The van der Waals surface area contributed by atoms with E-state index in [0.29, 0.717) is 22.4 Å². The van der Waals surface area contributed by atoms with E-state index in [1.54, 1.807) is 12.1 Å². The molecule has 0 bridgehead atoms. The molecular formula is C18H22ClN3O2. The van der Waals surface area contributed by atoms with Gasteiger partial charge in [0.2, 0.25) is 0 Å². The third-order valence-electron chi connectivity index (χ3n) is 3.49. The number of pyridine rings is 1. The smallest absolute Gasteiger partial charge is 0.254 e. The lowest BCUT2D eigenvalue weighted by atomic mass is 10.1. The van der Waals surface area contributed by atoms with Crippen LogP contribution in [-0.4, -0.2) is 17.4 Å². The number of nitrogens with one attached hydrogen (secondary N) is 1. The van der Waals surface area contributed by atoms with Crippen molar-refractivity contribution in [2.75, 3.05) is 6.54 Å². The second kappa shape index (κ2) is 8.66. The van der Waals surface area contributed by atoms with Crippen LogP contribution in [0.1, 0.15) is 36.2 Å². The molecule has 2 rings (SSSR count). The summed E-state index contributed by atoms with van der Waals surface area (Å²) < 4.78 is 5.72. The van der Waals surface area contributed by atoms with Gasteiger partial charge < -0.3 is 15.8 Å². The maximum absolute atomic E-state index is 11.4. The van der Waals surface area contributed by atoms with Crippen LogP contribution in [0, 0.1) is 5.92 Å². The topological polar surface area (TPSA) is 77.2 Å². The van der Waals surface area contributed by atoms with Crippen LogP contribution in [0.3, 0.4) is 0 Å². The van der Waals surface area contributed by atoms with Gasteiger partial charge in [-0.2, -0.15) is 0 Å². The first-order valence-electron chi connectivity index (χ1n) is 7.88. The number of nitrogens with zero attached hydrogens (tertiary/aromatic N) is 1. The summed E-state index contributed by atoms with van der Waals surface area (Å²) in [6, 6.07) is 7.16. The lowest BCUT2D eigenvalue weighted by Crippen LogP contribution is -2.16. The molecular weight excluding hydrogens is 326 g/mol.